The fraction of sp³-hybridized carbons (Fsp3) is 0.529. The third-order valence-electron chi connectivity index (χ3n) is 5.40. The van der Waals surface area contributed by atoms with Gasteiger partial charge in [-0.15, -0.1) is 11.3 Å². The Bertz CT molecular complexity index is 793. The van der Waals surface area contributed by atoms with E-state index in [1.807, 2.05) is 6.07 Å². The average Bonchev–Trinajstić information content (AvgIpc) is 3.11. The van der Waals surface area contributed by atoms with Crippen LogP contribution in [0.1, 0.15) is 24.1 Å². The van der Waals surface area contributed by atoms with Gasteiger partial charge < -0.3 is 4.90 Å². The van der Waals surface area contributed by atoms with Gasteiger partial charge in [-0.25, -0.2) is 9.98 Å². The van der Waals surface area contributed by atoms with Gasteiger partial charge in [-0.3, -0.25) is 10.3 Å². The molecule has 4 aliphatic rings. The van der Waals surface area contributed by atoms with Gasteiger partial charge in [0.25, 0.3) is 0 Å². The van der Waals surface area contributed by atoms with Gasteiger partial charge in [0.2, 0.25) is 0 Å². The zero-order valence-electron chi connectivity index (χ0n) is 13.2. The van der Waals surface area contributed by atoms with Crippen molar-refractivity contribution in [3.63, 3.8) is 0 Å². The van der Waals surface area contributed by atoms with Crippen LogP contribution in [0.15, 0.2) is 23.2 Å². The number of hydroxylamine groups is 1. The molecule has 4 saturated heterocycles. The van der Waals surface area contributed by atoms with Crippen molar-refractivity contribution >= 4 is 33.2 Å². The van der Waals surface area contributed by atoms with Gasteiger partial charge in [0.05, 0.1) is 0 Å². The van der Waals surface area contributed by atoms with Crippen molar-refractivity contribution in [2.24, 2.45) is 10.9 Å². The van der Waals surface area contributed by atoms with E-state index in [4.69, 9.17) is 9.83 Å². The molecule has 4 fully saturated rings. The van der Waals surface area contributed by atoms with E-state index in [2.05, 4.69) is 34.4 Å². The lowest BCUT2D eigenvalue weighted by atomic mass is 9.74. The van der Waals surface area contributed by atoms with Crippen molar-refractivity contribution < 1.29 is 4.84 Å². The topological polar surface area (TPSA) is 49.8 Å². The minimum Gasteiger partial charge on any atom is -0.300 e. The van der Waals surface area contributed by atoms with Crippen LogP contribution < -0.4 is 5.48 Å². The summed E-state index contributed by atoms with van der Waals surface area (Å²) in [5.74, 6) is 2.34. The van der Waals surface area contributed by atoms with E-state index >= 15 is 0 Å². The highest BCUT2D eigenvalue weighted by Crippen LogP contribution is 2.42. The Hall–Kier alpha value is -1.50. The molecule has 0 radical (unpaired) electrons. The Labute approximate surface area is 139 Å². The Morgan fingerprint density at radius 3 is 3.04 bits per heavy atom. The normalized spacial score (nSPS) is 34.6. The minimum atomic E-state index is -0.0705. The molecule has 1 N–H and O–H groups in total. The van der Waals surface area contributed by atoms with Gasteiger partial charge >= 0.3 is 0 Å². The highest BCUT2D eigenvalue weighted by Gasteiger charge is 2.52. The highest BCUT2D eigenvalue weighted by atomic mass is 32.1. The second kappa shape index (κ2) is 5.00. The van der Waals surface area contributed by atoms with Crippen molar-refractivity contribution in [3.05, 3.63) is 23.1 Å². The Balaban J connectivity index is 1.42. The molecule has 5 nitrogen and oxygen atoms in total. The molecule has 1 spiro atoms. The summed E-state index contributed by atoms with van der Waals surface area (Å²) >= 11 is 1.72. The molecular formula is C17H20N4OS. The number of hydrogen-bond acceptors (Lipinski definition) is 5. The van der Waals surface area contributed by atoms with Crippen molar-refractivity contribution in [1.29, 1.82) is 0 Å². The number of rotatable bonds is 1. The first kappa shape index (κ1) is 13.9. The number of piperidine rings is 3. The maximum Gasteiger partial charge on any atom is 0.155 e. The first-order valence-electron chi connectivity index (χ1n) is 8.31. The Kier molecular flexibility index (Phi) is 3.02. The lowest BCUT2D eigenvalue weighted by Gasteiger charge is -2.49. The first-order valence-corrected chi connectivity index (χ1v) is 9.13. The maximum atomic E-state index is 6.04. The monoisotopic (exact) mass is 328 g/mol. The van der Waals surface area contributed by atoms with E-state index in [-0.39, 0.29) is 5.60 Å². The number of aliphatic imine (C=N–C) groups is 1. The first-order chi connectivity index (χ1) is 11.2. The molecule has 2 aromatic heterocycles. The molecular weight excluding hydrogens is 308 g/mol. The number of aromatic nitrogens is 1. The third-order valence-corrected chi connectivity index (χ3v) is 6.36. The Morgan fingerprint density at radius 2 is 2.26 bits per heavy atom. The summed E-state index contributed by atoms with van der Waals surface area (Å²) in [5.41, 5.74) is 3.02. The van der Waals surface area contributed by atoms with Crippen LogP contribution in [0.2, 0.25) is 0 Å². The quantitative estimate of drug-likeness (QED) is 0.874. The lowest BCUT2D eigenvalue weighted by Crippen LogP contribution is -2.59. The summed E-state index contributed by atoms with van der Waals surface area (Å²) in [6.45, 7) is 5.58. The predicted octanol–water partition coefficient (Wildman–Crippen LogP) is 3.02. The second-order valence-electron chi connectivity index (χ2n) is 6.98. The molecule has 4 aliphatic heterocycles. The number of nitrogens with one attached hydrogen (secondary N) is 1. The zero-order chi connectivity index (χ0) is 15.4. The molecule has 0 saturated carbocycles. The summed E-state index contributed by atoms with van der Waals surface area (Å²) in [7, 11) is 0. The maximum absolute atomic E-state index is 6.04. The second-order valence-corrected chi connectivity index (χ2v) is 8.21. The van der Waals surface area contributed by atoms with Gasteiger partial charge in [-0.05, 0) is 57.0 Å². The van der Waals surface area contributed by atoms with E-state index in [0.717, 1.165) is 29.4 Å². The van der Waals surface area contributed by atoms with Crippen molar-refractivity contribution in [2.75, 3.05) is 19.6 Å². The van der Waals surface area contributed by atoms with Crippen LogP contribution in [-0.4, -0.2) is 41.0 Å². The fourth-order valence-corrected chi connectivity index (χ4v) is 5.13. The van der Waals surface area contributed by atoms with E-state index in [0.29, 0.717) is 5.92 Å². The van der Waals surface area contributed by atoms with Crippen LogP contribution in [0.25, 0.3) is 10.2 Å². The summed E-state index contributed by atoms with van der Waals surface area (Å²) in [5, 5.41) is 1.20. The van der Waals surface area contributed by atoms with Crippen molar-refractivity contribution in [3.8, 4) is 0 Å². The highest BCUT2D eigenvalue weighted by molar-refractivity contribution is 7.18. The van der Waals surface area contributed by atoms with Crippen LogP contribution in [0.5, 0.6) is 0 Å². The van der Waals surface area contributed by atoms with Gasteiger partial charge in [-0.1, -0.05) is 0 Å². The van der Waals surface area contributed by atoms with Gasteiger partial charge in [-0.2, -0.15) is 0 Å². The number of amidine groups is 1. The molecule has 2 bridgehead atoms. The minimum absolute atomic E-state index is 0.0705. The number of fused-ring (bicyclic) bond motifs is 3. The molecule has 2 aromatic rings. The number of pyridine rings is 1. The standard InChI is InChI=1S/C17H20N4OS/c1-11-8-12-2-3-14(19-16(12)23-11)18-15-9-17(22-20-15)10-21-6-4-13(17)5-7-21/h2-3,8,13H,4-7,9-10H2,1H3,(H,18,19,20)/t17-/m0/s1. The average molecular weight is 328 g/mol. The van der Waals surface area contributed by atoms with Crippen LogP contribution in [0, 0.1) is 12.8 Å². The molecule has 1 atom stereocenters. The largest absolute Gasteiger partial charge is 0.300 e. The fourth-order valence-electron chi connectivity index (χ4n) is 4.25. The molecule has 6 heteroatoms. The molecule has 0 aromatic carbocycles. The third kappa shape index (κ3) is 2.28. The van der Waals surface area contributed by atoms with Gasteiger partial charge in [0, 0.05) is 23.2 Å². The van der Waals surface area contributed by atoms with E-state index in [9.17, 15) is 0 Å². The van der Waals surface area contributed by atoms with Crippen LogP contribution in [0.4, 0.5) is 5.82 Å². The molecule has 6 heterocycles. The lowest BCUT2D eigenvalue weighted by molar-refractivity contribution is -0.150. The van der Waals surface area contributed by atoms with Crippen molar-refractivity contribution in [1.82, 2.24) is 15.4 Å². The molecule has 0 aliphatic carbocycles. The zero-order valence-corrected chi connectivity index (χ0v) is 14.0. The molecule has 120 valence electrons. The summed E-state index contributed by atoms with van der Waals surface area (Å²) < 4.78 is 0. The number of nitrogens with zero attached hydrogens (tertiary/aromatic N) is 3. The van der Waals surface area contributed by atoms with Gasteiger partial charge in [0.15, 0.2) is 5.82 Å². The van der Waals surface area contributed by atoms with Crippen LogP contribution >= 0.6 is 11.3 Å². The predicted molar refractivity (Wildman–Crippen MR) is 92.2 cm³/mol. The number of thiophene rings is 1. The van der Waals surface area contributed by atoms with Crippen molar-refractivity contribution in [2.45, 2.75) is 31.8 Å². The van der Waals surface area contributed by atoms with E-state index in [1.165, 1.54) is 36.2 Å². The summed E-state index contributed by atoms with van der Waals surface area (Å²) in [6.07, 6.45) is 3.36. The van der Waals surface area contributed by atoms with Gasteiger partial charge in [0.1, 0.15) is 16.3 Å². The molecule has 23 heavy (non-hydrogen) atoms. The number of hydrogen-bond donors (Lipinski definition) is 1. The van der Waals surface area contributed by atoms with E-state index in [1.54, 1.807) is 11.3 Å². The summed E-state index contributed by atoms with van der Waals surface area (Å²) in [4.78, 5) is 20.3. The van der Waals surface area contributed by atoms with Crippen LogP contribution in [-0.2, 0) is 4.84 Å². The Morgan fingerprint density at radius 1 is 1.39 bits per heavy atom. The summed E-state index contributed by atoms with van der Waals surface area (Å²) in [6, 6.07) is 6.26. The molecule has 6 rings (SSSR count). The SMILES string of the molecule is Cc1cc2ccc(N=C3C[C@@]4(CN5CCC4CC5)ON3)nc2s1. The van der Waals surface area contributed by atoms with Crippen LogP contribution in [0.3, 0.4) is 0 Å². The molecule has 0 amide bonds. The molecule has 0 unspecified atom stereocenters. The number of aryl methyl sites for hydroxylation is 1. The smallest absolute Gasteiger partial charge is 0.155 e. The van der Waals surface area contributed by atoms with E-state index < -0.39 is 0 Å².